The Balaban J connectivity index is 1.85. The Morgan fingerprint density at radius 1 is 1.47 bits per heavy atom. The van der Waals surface area contributed by atoms with E-state index in [9.17, 15) is 18.0 Å². The molecule has 1 aliphatic rings. The van der Waals surface area contributed by atoms with Crippen LogP contribution < -0.4 is 0 Å². The molecule has 0 spiro atoms. The van der Waals surface area contributed by atoms with Crippen LogP contribution in [0.3, 0.4) is 0 Å². The van der Waals surface area contributed by atoms with Crippen LogP contribution in [0.25, 0.3) is 0 Å². The summed E-state index contributed by atoms with van der Waals surface area (Å²) in [5.74, 6) is -1.52. The molecule has 1 aromatic rings. The van der Waals surface area contributed by atoms with Gasteiger partial charge in [0.15, 0.2) is 0 Å². The Hall–Kier alpha value is -1.04. The van der Waals surface area contributed by atoms with Crippen LogP contribution in [0.4, 0.5) is 13.2 Å². The zero-order valence-corrected chi connectivity index (χ0v) is 11.3. The van der Waals surface area contributed by atoms with E-state index in [0.717, 1.165) is 5.56 Å². The summed E-state index contributed by atoms with van der Waals surface area (Å²) >= 11 is 1.56. The second-order valence-electron chi connectivity index (χ2n) is 4.85. The third-order valence-corrected chi connectivity index (χ3v) is 4.18. The SMILES string of the molecule is O=C(CCc1ccsc1)N1CCC[C@H](C(F)(F)F)C1. The van der Waals surface area contributed by atoms with Gasteiger partial charge in [-0.25, -0.2) is 0 Å². The molecule has 1 fully saturated rings. The Morgan fingerprint density at radius 3 is 2.89 bits per heavy atom. The largest absolute Gasteiger partial charge is 0.393 e. The number of hydrogen-bond donors (Lipinski definition) is 0. The second-order valence-corrected chi connectivity index (χ2v) is 5.63. The van der Waals surface area contributed by atoms with Crippen LogP contribution in [0.5, 0.6) is 0 Å². The molecule has 6 heteroatoms. The van der Waals surface area contributed by atoms with Crippen molar-refractivity contribution in [2.75, 3.05) is 13.1 Å². The molecular formula is C13H16F3NOS. The number of nitrogens with zero attached hydrogens (tertiary/aromatic N) is 1. The van der Waals surface area contributed by atoms with E-state index in [-0.39, 0.29) is 18.9 Å². The van der Waals surface area contributed by atoms with Crippen LogP contribution in [0.1, 0.15) is 24.8 Å². The third kappa shape index (κ3) is 3.96. The first-order chi connectivity index (χ1) is 8.97. The van der Waals surface area contributed by atoms with Crippen molar-refractivity contribution in [2.24, 2.45) is 5.92 Å². The maximum atomic E-state index is 12.7. The van der Waals surface area contributed by atoms with E-state index >= 15 is 0 Å². The first kappa shape index (κ1) is 14.4. The molecule has 1 atom stereocenters. The Morgan fingerprint density at radius 2 is 2.26 bits per heavy atom. The molecule has 0 saturated carbocycles. The summed E-state index contributed by atoms with van der Waals surface area (Å²) in [5, 5.41) is 3.89. The van der Waals surface area contributed by atoms with Gasteiger partial charge in [-0.2, -0.15) is 24.5 Å². The fourth-order valence-electron chi connectivity index (χ4n) is 2.32. The molecule has 2 nitrogen and oxygen atoms in total. The first-order valence-corrected chi connectivity index (χ1v) is 7.26. The van der Waals surface area contributed by atoms with Crippen molar-refractivity contribution < 1.29 is 18.0 Å². The fourth-order valence-corrected chi connectivity index (χ4v) is 3.02. The van der Waals surface area contributed by atoms with E-state index < -0.39 is 12.1 Å². The van der Waals surface area contributed by atoms with Crippen molar-refractivity contribution in [3.05, 3.63) is 22.4 Å². The van der Waals surface area contributed by atoms with Crippen LogP contribution in [0.2, 0.25) is 0 Å². The van der Waals surface area contributed by atoms with Gasteiger partial charge in [0.1, 0.15) is 0 Å². The van der Waals surface area contributed by atoms with E-state index in [4.69, 9.17) is 0 Å². The summed E-state index contributed by atoms with van der Waals surface area (Å²) in [6.45, 7) is 0.279. The molecule has 19 heavy (non-hydrogen) atoms. The van der Waals surface area contributed by atoms with Crippen LogP contribution in [-0.4, -0.2) is 30.1 Å². The van der Waals surface area contributed by atoms with Crippen LogP contribution >= 0.6 is 11.3 Å². The smallest absolute Gasteiger partial charge is 0.342 e. The van der Waals surface area contributed by atoms with E-state index in [1.807, 2.05) is 16.8 Å². The molecule has 1 amide bonds. The minimum atomic E-state index is -4.19. The zero-order chi connectivity index (χ0) is 13.9. The first-order valence-electron chi connectivity index (χ1n) is 6.32. The fraction of sp³-hybridized carbons (Fsp3) is 0.615. The van der Waals surface area contributed by atoms with Crippen molar-refractivity contribution in [1.82, 2.24) is 4.90 Å². The summed E-state index contributed by atoms with van der Waals surface area (Å²) in [6.07, 6.45) is -2.71. The summed E-state index contributed by atoms with van der Waals surface area (Å²) in [6, 6.07) is 1.94. The van der Waals surface area contributed by atoms with Gasteiger partial charge in [0.25, 0.3) is 0 Å². The number of alkyl halides is 3. The van der Waals surface area contributed by atoms with Gasteiger partial charge in [0.2, 0.25) is 5.91 Å². The minimum Gasteiger partial charge on any atom is -0.342 e. The number of halogens is 3. The van der Waals surface area contributed by atoms with Crippen molar-refractivity contribution in [1.29, 1.82) is 0 Å². The molecule has 0 unspecified atom stereocenters. The van der Waals surface area contributed by atoms with Crippen molar-refractivity contribution in [3.63, 3.8) is 0 Å². The van der Waals surface area contributed by atoms with Gasteiger partial charge in [-0.05, 0) is 41.7 Å². The monoisotopic (exact) mass is 291 g/mol. The lowest BCUT2D eigenvalue weighted by molar-refractivity contribution is -0.188. The summed E-state index contributed by atoms with van der Waals surface area (Å²) in [7, 11) is 0. The summed E-state index contributed by atoms with van der Waals surface area (Å²) in [5.41, 5.74) is 1.07. The lowest BCUT2D eigenvalue weighted by atomic mass is 9.97. The maximum Gasteiger partial charge on any atom is 0.393 e. The van der Waals surface area contributed by atoms with Gasteiger partial charge in [0.05, 0.1) is 5.92 Å². The van der Waals surface area contributed by atoms with Gasteiger partial charge in [-0.1, -0.05) is 0 Å². The highest BCUT2D eigenvalue weighted by Crippen LogP contribution is 2.33. The van der Waals surface area contributed by atoms with Gasteiger partial charge >= 0.3 is 6.18 Å². The van der Waals surface area contributed by atoms with Crippen LogP contribution in [-0.2, 0) is 11.2 Å². The molecule has 106 valence electrons. The molecule has 2 heterocycles. The highest BCUT2D eigenvalue weighted by Gasteiger charge is 2.42. The van der Waals surface area contributed by atoms with E-state index in [2.05, 4.69) is 0 Å². The van der Waals surface area contributed by atoms with Crippen LogP contribution in [0, 0.1) is 5.92 Å². The molecule has 1 saturated heterocycles. The number of piperidine rings is 1. The lowest BCUT2D eigenvalue weighted by Gasteiger charge is -2.33. The number of aryl methyl sites for hydroxylation is 1. The average molecular weight is 291 g/mol. The predicted molar refractivity (Wildman–Crippen MR) is 68.0 cm³/mol. The number of rotatable bonds is 3. The standard InChI is InChI=1S/C13H16F3NOS/c14-13(15,16)11-2-1-6-17(8-11)12(18)4-3-10-5-7-19-9-10/h5,7,9,11H,1-4,6,8H2/t11-/m0/s1. The molecule has 1 aliphatic heterocycles. The number of thiophene rings is 1. The number of carbonyl (C=O) groups excluding carboxylic acids is 1. The van der Waals surface area contributed by atoms with Gasteiger partial charge in [-0.3, -0.25) is 4.79 Å². The second kappa shape index (κ2) is 5.94. The van der Waals surface area contributed by atoms with Gasteiger partial charge < -0.3 is 4.90 Å². The quantitative estimate of drug-likeness (QED) is 0.835. The predicted octanol–water partition coefficient (Wildman–Crippen LogP) is 3.48. The Kier molecular flexibility index (Phi) is 4.50. The molecule has 0 aromatic carbocycles. The molecule has 1 aromatic heterocycles. The molecular weight excluding hydrogens is 275 g/mol. The Labute approximate surface area is 114 Å². The lowest BCUT2D eigenvalue weighted by Crippen LogP contribution is -2.44. The van der Waals surface area contributed by atoms with Crippen molar-refractivity contribution >= 4 is 17.2 Å². The maximum absolute atomic E-state index is 12.7. The Bertz CT molecular complexity index is 416. The van der Waals surface area contributed by atoms with E-state index in [1.54, 1.807) is 11.3 Å². The van der Waals surface area contributed by atoms with E-state index in [1.165, 1.54) is 4.90 Å². The number of likely N-dealkylation sites (tertiary alicyclic amines) is 1. The highest BCUT2D eigenvalue weighted by molar-refractivity contribution is 7.07. The van der Waals surface area contributed by atoms with Crippen molar-refractivity contribution in [3.8, 4) is 0 Å². The number of hydrogen-bond acceptors (Lipinski definition) is 2. The molecule has 0 radical (unpaired) electrons. The van der Waals surface area contributed by atoms with Crippen LogP contribution in [0.15, 0.2) is 16.8 Å². The molecule has 2 rings (SSSR count). The number of carbonyl (C=O) groups is 1. The van der Waals surface area contributed by atoms with E-state index in [0.29, 0.717) is 25.8 Å². The topological polar surface area (TPSA) is 20.3 Å². The molecule has 0 aliphatic carbocycles. The summed E-state index contributed by atoms with van der Waals surface area (Å²) < 4.78 is 38.0. The third-order valence-electron chi connectivity index (χ3n) is 3.44. The summed E-state index contributed by atoms with van der Waals surface area (Å²) in [4.78, 5) is 13.3. The van der Waals surface area contributed by atoms with Gasteiger partial charge in [0, 0.05) is 19.5 Å². The average Bonchev–Trinajstić information content (AvgIpc) is 2.88. The minimum absolute atomic E-state index is 0.137. The van der Waals surface area contributed by atoms with Gasteiger partial charge in [-0.15, -0.1) is 0 Å². The number of amides is 1. The highest BCUT2D eigenvalue weighted by atomic mass is 32.1. The zero-order valence-electron chi connectivity index (χ0n) is 10.4. The van der Waals surface area contributed by atoms with Crippen molar-refractivity contribution in [2.45, 2.75) is 31.9 Å². The normalized spacial score (nSPS) is 20.6. The molecule has 0 bridgehead atoms. The molecule has 0 N–H and O–H groups in total.